The zero-order valence-corrected chi connectivity index (χ0v) is 14.4. The van der Waals surface area contributed by atoms with Crippen LogP contribution in [0.1, 0.15) is 19.4 Å². The third-order valence-corrected chi connectivity index (χ3v) is 4.81. The average molecular weight is 322 g/mol. The van der Waals surface area contributed by atoms with Crippen molar-refractivity contribution in [2.24, 2.45) is 0 Å². The molecule has 2 rings (SSSR count). The van der Waals surface area contributed by atoms with E-state index in [9.17, 15) is 0 Å². The number of thioether (sulfide) groups is 1. The molecule has 1 aromatic heterocycles. The second-order valence-corrected chi connectivity index (χ2v) is 7.07. The molecule has 1 atom stereocenters. The molecule has 0 aliphatic rings. The smallest absolute Gasteiger partial charge is 0.119 e. The van der Waals surface area contributed by atoms with E-state index in [1.165, 1.54) is 10.5 Å². The van der Waals surface area contributed by atoms with E-state index in [2.05, 4.69) is 49.7 Å². The molecule has 0 aliphatic heterocycles. The standard InChI is InChI=1S/C17H22O2S2/c1-13(2)19-16(11-21-17-8-9-20-12-17)10-18-15-6-4-14(3)5-7-15/h4-9,12-13,16H,10-11H2,1-3H3. The Morgan fingerprint density at radius 1 is 1.14 bits per heavy atom. The fraction of sp³-hybridized carbons (Fsp3) is 0.412. The first-order valence-electron chi connectivity index (χ1n) is 7.13. The highest BCUT2D eigenvalue weighted by atomic mass is 32.2. The Balaban J connectivity index is 1.84. The number of thiophene rings is 1. The molecule has 1 unspecified atom stereocenters. The van der Waals surface area contributed by atoms with Gasteiger partial charge in [0, 0.05) is 16.0 Å². The summed E-state index contributed by atoms with van der Waals surface area (Å²) < 4.78 is 11.8. The van der Waals surface area contributed by atoms with Gasteiger partial charge in [-0.25, -0.2) is 0 Å². The van der Waals surface area contributed by atoms with Crippen LogP contribution in [-0.2, 0) is 4.74 Å². The summed E-state index contributed by atoms with van der Waals surface area (Å²) in [7, 11) is 0. The van der Waals surface area contributed by atoms with Crippen LogP contribution in [0.25, 0.3) is 0 Å². The maximum Gasteiger partial charge on any atom is 0.119 e. The minimum atomic E-state index is 0.0937. The molecule has 4 heteroatoms. The molecule has 0 aliphatic carbocycles. The van der Waals surface area contributed by atoms with Crippen LogP contribution in [0.3, 0.4) is 0 Å². The number of ether oxygens (including phenoxy) is 2. The second-order valence-electron chi connectivity index (χ2n) is 5.20. The van der Waals surface area contributed by atoms with Gasteiger partial charge in [-0.3, -0.25) is 0 Å². The third kappa shape index (κ3) is 6.12. The molecule has 0 fully saturated rings. The molecule has 0 radical (unpaired) electrons. The first-order valence-corrected chi connectivity index (χ1v) is 9.06. The van der Waals surface area contributed by atoms with Crippen molar-refractivity contribution in [1.29, 1.82) is 0 Å². The van der Waals surface area contributed by atoms with Crippen LogP contribution in [0.15, 0.2) is 46.0 Å². The molecule has 2 aromatic rings. The van der Waals surface area contributed by atoms with Gasteiger partial charge in [0.1, 0.15) is 18.5 Å². The van der Waals surface area contributed by atoms with Crippen LogP contribution in [0, 0.1) is 6.92 Å². The van der Waals surface area contributed by atoms with Crippen molar-refractivity contribution < 1.29 is 9.47 Å². The lowest BCUT2D eigenvalue weighted by Crippen LogP contribution is -2.27. The van der Waals surface area contributed by atoms with Crippen molar-refractivity contribution in [2.75, 3.05) is 12.4 Å². The summed E-state index contributed by atoms with van der Waals surface area (Å²) in [5, 5.41) is 4.27. The minimum Gasteiger partial charge on any atom is -0.491 e. The molecule has 1 heterocycles. The summed E-state index contributed by atoms with van der Waals surface area (Å²) in [5.74, 6) is 1.80. The van der Waals surface area contributed by atoms with Crippen molar-refractivity contribution in [2.45, 2.75) is 37.9 Å². The summed E-state index contributed by atoms with van der Waals surface area (Å²) in [4.78, 5) is 1.30. The van der Waals surface area contributed by atoms with E-state index < -0.39 is 0 Å². The zero-order chi connectivity index (χ0) is 15.1. The van der Waals surface area contributed by atoms with Gasteiger partial charge in [0.25, 0.3) is 0 Å². The van der Waals surface area contributed by atoms with Crippen molar-refractivity contribution in [1.82, 2.24) is 0 Å². The fourth-order valence-corrected chi connectivity index (χ4v) is 3.62. The van der Waals surface area contributed by atoms with Gasteiger partial charge in [-0.15, -0.1) is 11.8 Å². The zero-order valence-electron chi connectivity index (χ0n) is 12.7. The first-order chi connectivity index (χ1) is 10.1. The SMILES string of the molecule is Cc1ccc(OCC(CSc2ccsc2)OC(C)C)cc1. The van der Waals surface area contributed by atoms with Crippen molar-refractivity contribution in [3.8, 4) is 5.75 Å². The van der Waals surface area contributed by atoms with Crippen LogP contribution in [-0.4, -0.2) is 24.6 Å². The molecule has 0 amide bonds. The van der Waals surface area contributed by atoms with Crippen LogP contribution < -0.4 is 4.74 Å². The van der Waals surface area contributed by atoms with Crippen LogP contribution in [0.2, 0.25) is 0 Å². The maximum atomic E-state index is 5.95. The van der Waals surface area contributed by atoms with E-state index >= 15 is 0 Å². The molecule has 0 N–H and O–H groups in total. The predicted octanol–water partition coefficient (Wildman–Crippen LogP) is 5.02. The number of hydrogen-bond donors (Lipinski definition) is 0. The van der Waals surface area contributed by atoms with Gasteiger partial charge in [0.15, 0.2) is 0 Å². The number of aryl methyl sites for hydroxylation is 1. The van der Waals surface area contributed by atoms with E-state index in [1.807, 2.05) is 23.9 Å². The van der Waals surface area contributed by atoms with Gasteiger partial charge in [0.2, 0.25) is 0 Å². The lowest BCUT2D eigenvalue weighted by molar-refractivity contribution is -0.00354. The summed E-state index contributed by atoms with van der Waals surface area (Å²) >= 11 is 3.54. The molecule has 114 valence electrons. The molecule has 2 nitrogen and oxygen atoms in total. The van der Waals surface area contributed by atoms with Crippen molar-refractivity contribution >= 4 is 23.1 Å². The van der Waals surface area contributed by atoms with E-state index in [-0.39, 0.29) is 12.2 Å². The molecule has 0 saturated heterocycles. The van der Waals surface area contributed by atoms with Crippen LogP contribution in [0.4, 0.5) is 0 Å². The van der Waals surface area contributed by atoms with Crippen molar-refractivity contribution in [3.63, 3.8) is 0 Å². The summed E-state index contributed by atoms with van der Waals surface area (Å²) in [5.41, 5.74) is 1.24. The molecular weight excluding hydrogens is 300 g/mol. The lowest BCUT2D eigenvalue weighted by atomic mass is 10.2. The summed E-state index contributed by atoms with van der Waals surface area (Å²) in [6.45, 7) is 6.78. The number of hydrogen-bond acceptors (Lipinski definition) is 4. The normalized spacial score (nSPS) is 12.6. The third-order valence-electron chi connectivity index (χ3n) is 2.85. The van der Waals surface area contributed by atoms with E-state index in [1.54, 1.807) is 11.3 Å². The highest BCUT2D eigenvalue weighted by Gasteiger charge is 2.13. The highest BCUT2D eigenvalue weighted by molar-refractivity contribution is 7.99. The summed E-state index contributed by atoms with van der Waals surface area (Å²) in [6, 6.07) is 10.3. The summed E-state index contributed by atoms with van der Waals surface area (Å²) in [6.07, 6.45) is 0.302. The van der Waals surface area contributed by atoms with Gasteiger partial charge in [-0.05, 0) is 44.4 Å². The average Bonchev–Trinajstić information content (AvgIpc) is 2.96. The minimum absolute atomic E-state index is 0.0937. The molecule has 0 bridgehead atoms. The van der Waals surface area contributed by atoms with Gasteiger partial charge in [0.05, 0.1) is 6.10 Å². The van der Waals surface area contributed by atoms with E-state index in [0.29, 0.717) is 6.61 Å². The second kappa shape index (κ2) is 8.47. The number of rotatable bonds is 8. The predicted molar refractivity (Wildman–Crippen MR) is 91.7 cm³/mol. The van der Waals surface area contributed by atoms with Gasteiger partial charge in [-0.1, -0.05) is 17.7 Å². The highest BCUT2D eigenvalue weighted by Crippen LogP contribution is 2.23. The Morgan fingerprint density at radius 2 is 1.90 bits per heavy atom. The number of benzene rings is 1. The van der Waals surface area contributed by atoms with Gasteiger partial charge >= 0.3 is 0 Å². The van der Waals surface area contributed by atoms with E-state index in [0.717, 1.165) is 11.5 Å². The Kier molecular flexibility index (Phi) is 6.61. The van der Waals surface area contributed by atoms with Crippen LogP contribution in [0.5, 0.6) is 5.75 Å². The Bertz CT molecular complexity index is 506. The Labute approximate surface area is 135 Å². The molecule has 1 aromatic carbocycles. The molecule has 0 saturated carbocycles. The fourth-order valence-electron chi connectivity index (χ4n) is 1.86. The lowest BCUT2D eigenvalue weighted by Gasteiger charge is -2.20. The first kappa shape index (κ1) is 16.4. The Hall–Kier alpha value is -0.970. The largest absolute Gasteiger partial charge is 0.491 e. The maximum absolute atomic E-state index is 5.95. The van der Waals surface area contributed by atoms with Gasteiger partial charge < -0.3 is 9.47 Å². The van der Waals surface area contributed by atoms with E-state index in [4.69, 9.17) is 9.47 Å². The molecule has 21 heavy (non-hydrogen) atoms. The molecular formula is C17H22O2S2. The van der Waals surface area contributed by atoms with Crippen molar-refractivity contribution in [3.05, 3.63) is 46.7 Å². The van der Waals surface area contributed by atoms with Crippen LogP contribution >= 0.6 is 23.1 Å². The quantitative estimate of drug-likeness (QED) is 0.636. The topological polar surface area (TPSA) is 18.5 Å². The van der Waals surface area contributed by atoms with Gasteiger partial charge in [-0.2, -0.15) is 11.3 Å². The monoisotopic (exact) mass is 322 g/mol. The molecule has 0 spiro atoms. The Morgan fingerprint density at radius 3 is 2.52 bits per heavy atom.